The number of aliphatic imine (C=N–C) groups is 1. The molecule has 0 radical (unpaired) electrons. The monoisotopic (exact) mass is 282 g/mol. The molecule has 0 spiro atoms. The number of aromatic nitrogens is 1. The molecule has 0 amide bonds. The van der Waals surface area contributed by atoms with Crippen molar-refractivity contribution < 1.29 is 4.74 Å². The molecule has 2 N–H and O–H groups in total. The lowest BCUT2D eigenvalue weighted by atomic mass is 10.3. The number of guanidine groups is 1. The first-order valence-electron chi connectivity index (χ1n) is 6.79. The van der Waals surface area contributed by atoms with Gasteiger partial charge in [0.15, 0.2) is 5.96 Å². The average molecular weight is 282 g/mol. The minimum atomic E-state index is 0.230. The molecule has 106 valence electrons. The maximum absolute atomic E-state index is 6.01. The number of rotatable bonds is 4. The number of ether oxygens (including phenoxy) is 1. The standard InChI is InChI=1S/C13H22N4OS/c1-3-11-8-16-12(19-11)4-5-15-13(14)17-6-7-18-10(2)9-17/h8,10H,3-7,9H2,1-2H3,(H2,14,15). The van der Waals surface area contributed by atoms with Crippen LogP contribution < -0.4 is 5.73 Å². The maximum atomic E-state index is 6.01. The van der Waals surface area contributed by atoms with E-state index in [1.807, 2.05) is 6.20 Å². The zero-order valence-corrected chi connectivity index (χ0v) is 12.4. The van der Waals surface area contributed by atoms with Gasteiger partial charge in [0, 0.05) is 37.1 Å². The van der Waals surface area contributed by atoms with Gasteiger partial charge in [-0.2, -0.15) is 0 Å². The van der Waals surface area contributed by atoms with Crippen LogP contribution in [0.25, 0.3) is 0 Å². The van der Waals surface area contributed by atoms with Crippen molar-refractivity contribution >= 4 is 17.3 Å². The normalized spacial score (nSPS) is 20.8. The predicted molar refractivity (Wildman–Crippen MR) is 78.7 cm³/mol. The highest BCUT2D eigenvalue weighted by Crippen LogP contribution is 2.13. The summed E-state index contributed by atoms with van der Waals surface area (Å²) in [5.74, 6) is 0.627. The van der Waals surface area contributed by atoms with Crippen LogP contribution in [0.4, 0.5) is 0 Å². The summed E-state index contributed by atoms with van der Waals surface area (Å²) in [6, 6.07) is 0. The zero-order valence-electron chi connectivity index (χ0n) is 11.6. The highest BCUT2D eigenvalue weighted by molar-refractivity contribution is 7.11. The Morgan fingerprint density at radius 2 is 2.53 bits per heavy atom. The third-order valence-corrected chi connectivity index (χ3v) is 4.32. The second-order valence-electron chi connectivity index (χ2n) is 4.69. The molecule has 0 aliphatic carbocycles. The fourth-order valence-electron chi connectivity index (χ4n) is 2.02. The highest BCUT2D eigenvalue weighted by atomic mass is 32.1. The molecule has 6 heteroatoms. The van der Waals surface area contributed by atoms with Crippen molar-refractivity contribution in [1.82, 2.24) is 9.88 Å². The van der Waals surface area contributed by atoms with Crippen molar-refractivity contribution in [1.29, 1.82) is 0 Å². The molecular weight excluding hydrogens is 260 g/mol. The van der Waals surface area contributed by atoms with Gasteiger partial charge in [0.2, 0.25) is 0 Å². The molecule has 1 fully saturated rings. The van der Waals surface area contributed by atoms with Crippen molar-refractivity contribution in [2.24, 2.45) is 10.7 Å². The molecule has 19 heavy (non-hydrogen) atoms. The van der Waals surface area contributed by atoms with Gasteiger partial charge in [0.05, 0.1) is 17.7 Å². The van der Waals surface area contributed by atoms with E-state index in [0.717, 1.165) is 37.5 Å². The Balaban J connectivity index is 1.80. The van der Waals surface area contributed by atoms with Crippen molar-refractivity contribution in [2.75, 3.05) is 26.2 Å². The maximum Gasteiger partial charge on any atom is 0.191 e. The van der Waals surface area contributed by atoms with Crippen molar-refractivity contribution in [2.45, 2.75) is 32.8 Å². The molecule has 0 saturated carbocycles. The molecule has 2 rings (SSSR count). The van der Waals surface area contributed by atoms with Crippen LogP contribution in [0.1, 0.15) is 23.7 Å². The van der Waals surface area contributed by atoms with Gasteiger partial charge >= 0.3 is 0 Å². The van der Waals surface area contributed by atoms with Gasteiger partial charge in [-0.05, 0) is 13.3 Å². The lowest BCUT2D eigenvalue weighted by Gasteiger charge is -2.31. The summed E-state index contributed by atoms with van der Waals surface area (Å²) in [7, 11) is 0. The van der Waals surface area contributed by atoms with Crippen molar-refractivity contribution in [3.05, 3.63) is 16.1 Å². The largest absolute Gasteiger partial charge is 0.375 e. The molecule has 0 bridgehead atoms. The molecular formula is C13H22N4OS. The van der Waals surface area contributed by atoms with E-state index in [1.165, 1.54) is 4.88 Å². The van der Waals surface area contributed by atoms with Crippen LogP contribution in [0.5, 0.6) is 0 Å². The quantitative estimate of drug-likeness (QED) is 0.667. The third kappa shape index (κ3) is 4.18. The Morgan fingerprint density at radius 1 is 1.68 bits per heavy atom. The van der Waals surface area contributed by atoms with E-state index in [-0.39, 0.29) is 6.10 Å². The van der Waals surface area contributed by atoms with Gasteiger partial charge in [-0.1, -0.05) is 6.92 Å². The molecule has 1 saturated heterocycles. The fraction of sp³-hybridized carbons (Fsp3) is 0.692. The number of hydrogen-bond acceptors (Lipinski definition) is 4. The van der Waals surface area contributed by atoms with Crippen molar-refractivity contribution in [3.8, 4) is 0 Å². The van der Waals surface area contributed by atoms with Crippen LogP contribution in [0, 0.1) is 0 Å². The van der Waals surface area contributed by atoms with Crippen LogP contribution in [0.3, 0.4) is 0 Å². The van der Waals surface area contributed by atoms with Gasteiger partial charge in [-0.25, -0.2) is 4.98 Å². The van der Waals surface area contributed by atoms with Gasteiger partial charge < -0.3 is 15.4 Å². The molecule has 5 nitrogen and oxygen atoms in total. The Kier molecular flexibility index (Phi) is 5.15. The number of morpholine rings is 1. The van der Waals surface area contributed by atoms with Gasteiger partial charge in [-0.15, -0.1) is 11.3 Å². The van der Waals surface area contributed by atoms with Gasteiger partial charge in [0.1, 0.15) is 0 Å². The van der Waals surface area contributed by atoms with E-state index in [4.69, 9.17) is 10.5 Å². The molecule has 1 aliphatic heterocycles. The molecule has 0 aromatic carbocycles. The molecule has 1 aromatic rings. The summed E-state index contributed by atoms with van der Waals surface area (Å²) >= 11 is 1.77. The van der Waals surface area contributed by atoms with Crippen LogP contribution in [0.15, 0.2) is 11.2 Å². The van der Waals surface area contributed by atoms with E-state index >= 15 is 0 Å². The molecule has 1 atom stereocenters. The van der Waals surface area contributed by atoms with Crippen LogP contribution in [-0.2, 0) is 17.6 Å². The van der Waals surface area contributed by atoms with E-state index in [9.17, 15) is 0 Å². The first-order chi connectivity index (χ1) is 9.19. The molecule has 1 aliphatic rings. The topological polar surface area (TPSA) is 63.7 Å². The van der Waals surface area contributed by atoms with Gasteiger partial charge in [-0.3, -0.25) is 4.99 Å². The molecule has 2 heterocycles. The van der Waals surface area contributed by atoms with E-state index in [0.29, 0.717) is 12.5 Å². The summed E-state index contributed by atoms with van der Waals surface area (Å²) in [5.41, 5.74) is 6.01. The second-order valence-corrected chi connectivity index (χ2v) is 5.89. The summed E-state index contributed by atoms with van der Waals surface area (Å²) in [4.78, 5) is 12.2. The second kappa shape index (κ2) is 6.86. The number of nitrogens with two attached hydrogens (primary N) is 1. The third-order valence-electron chi connectivity index (χ3n) is 3.11. The number of aryl methyl sites for hydroxylation is 1. The number of thiazole rings is 1. The summed E-state index contributed by atoms with van der Waals surface area (Å²) in [5, 5.41) is 1.14. The Labute approximate surface area is 118 Å². The smallest absolute Gasteiger partial charge is 0.191 e. The van der Waals surface area contributed by atoms with Crippen LogP contribution in [0.2, 0.25) is 0 Å². The summed E-state index contributed by atoms with van der Waals surface area (Å²) in [6.45, 7) is 7.29. The number of hydrogen-bond donors (Lipinski definition) is 1. The molecule has 1 aromatic heterocycles. The first-order valence-corrected chi connectivity index (χ1v) is 7.60. The van der Waals surface area contributed by atoms with Crippen LogP contribution >= 0.6 is 11.3 Å². The first kappa shape index (κ1) is 14.3. The lowest BCUT2D eigenvalue weighted by molar-refractivity contribution is 0.00530. The average Bonchev–Trinajstić information content (AvgIpc) is 2.86. The Hall–Kier alpha value is -1.14. The zero-order chi connectivity index (χ0) is 13.7. The predicted octanol–water partition coefficient (Wildman–Crippen LogP) is 1.28. The lowest BCUT2D eigenvalue weighted by Crippen LogP contribution is -2.47. The van der Waals surface area contributed by atoms with Gasteiger partial charge in [0.25, 0.3) is 0 Å². The summed E-state index contributed by atoms with van der Waals surface area (Å²) in [6.07, 6.45) is 4.10. The Bertz CT molecular complexity index is 432. The minimum Gasteiger partial charge on any atom is -0.375 e. The SMILES string of the molecule is CCc1cnc(CCN=C(N)N2CCOC(C)C2)s1. The van der Waals surface area contributed by atoms with Crippen molar-refractivity contribution in [3.63, 3.8) is 0 Å². The fourth-order valence-corrected chi connectivity index (χ4v) is 2.87. The van der Waals surface area contributed by atoms with E-state index in [2.05, 4.69) is 28.7 Å². The van der Waals surface area contributed by atoms with E-state index in [1.54, 1.807) is 11.3 Å². The number of nitrogens with zero attached hydrogens (tertiary/aromatic N) is 3. The Morgan fingerprint density at radius 3 is 3.21 bits per heavy atom. The summed E-state index contributed by atoms with van der Waals surface area (Å²) < 4.78 is 5.49. The highest BCUT2D eigenvalue weighted by Gasteiger charge is 2.17. The van der Waals surface area contributed by atoms with Crippen LogP contribution in [-0.4, -0.2) is 48.2 Å². The molecule has 1 unspecified atom stereocenters. The minimum absolute atomic E-state index is 0.230. The van der Waals surface area contributed by atoms with E-state index < -0.39 is 0 Å².